The van der Waals surface area contributed by atoms with Crippen LogP contribution in [-0.2, 0) is 14.4 Å². The lowest BCUT2D eigenvalue weighted by Gasteiger charge is -2.29. The van der Waals surface area contributed by atoms with E-state index in [1.807, 2.05) is 0 Å². The van der Waals surface area contributed by atoms with E-state index in [1.165, 1.54) is 0 Å². The van der Waals surface area contributed by atoms with E-state index in [2.05, 4.69) is 15.5 Å². The molecular formula is C20H29N5O4. The van der Waals surface area contributed by atoms with Gasteiger partial charge in [0.1, 0.15) is 11.9 Å². The van der Waals surface area contributed by atoms with Crippen molar-refractivity contribution in [3.63, 3.8) is 0 Å². The molecule has 4 rings (SSSR count). The topological polar surface area (TPSA) is 127 Å². The number of hydroxylamine groups is 1. The fourth-order valence-corrected chi connectivity index (χ4v) is 5.03. The lowest BCUT2D eigenvalue weighted by molar-refractivity contribution is -0.144. The van der Waals surface area contributed by atoms with Crippen molar-refractivity contribution in [3.8, 4) is 0 Å². The zero-order valence-electron chi connectivity index (χ0n) is 16.5. The van der Waals surface area contributed by atoms with Crippen LogP contribution >= 0.6 is 0 Å². The molecule has 1 saturated heterocycles. The number of rotatable bonds is 7. The SMILES string of the molecule is O=C(C[C@@H](CC1CCCC1)C(=O)N1CC2(CC2)C[C@H]1C(=O)Nc1ccn[nH]1)NO. The van der Waals surface area contributed by atoms with Crippen molar-refractivity contribution >= 4 is 23.5 Å². The summed E-state index contributed by atoms with van der Waals surface area (Å²) in [6, 6.07) is 1.12. The summed E-state index contributed by atoms with van der Waals surface area (Å²) in [7, 11) is 0. The standard InChI is InChI=1S/C20H29N5O4/c26-17(24-29)10-14(9-13-3-1-2-4-13)19(28)25-12-20(6-7-20)11-15(25)18(27)22-16-5-8-21-23-16/h5,8,13-15,29H,1-4,6-7,9-12H2,(H,24,26)(H2,21,22,23,27)/t14-,15+/m1/s1. The predicted octanol–water partition coefficient (Wildman–Crippen LogP) is 1.82. The van der Waals surface area contributed by atoms with Gasteiger partial charge in [-0.1, -0.05) is 25.7 Å². The highest BCUT2D eigenvalue weighted by molar-refractivity contribution is 5.98. The molecular weight excluding hydrogens is 374 g/mol. The van der Waals surface area contributed by atoms with Crippen molar-refractivity contribution in [2.45, 2.75) is 63.8 Å². The number of nitrogens with one attached hydrogen (secondary N) is 3. The van der Waals surface area contributed by atoms with Crippen LogP contribution in [0.3, 0.4) is 0 Å². The summed E-state index contributed by atoms with van der Waals surface area (Å²) in [4.78, 5) is 39.9. The van der Waals surface area contributed by atoms with Gasteiger partial charge in [0.25, 0.3) is 0 Å². The Balaban J connectivity index is 1.50. The van der Waals surface area contributed by atoms with Crippen LogP contribution in [0.1, 0.15) is 57.8 Å². The zero-order valence-corrected chi connectivity index (χ0v) is 16.5. The van der Waals surface area contributed by atoms with Crippen molar-refractivity contribution in [2.24, 2.45) is 17.3 Å². The van der Waals surface area contributed by atoms with Gasteiger partial charge >= 0.3 is 0 Å². The quantitative estimate of drug-likeness (QED) is 0.408. The van der Waals surface area contributed by atoms with Crippen LogP contribution < -0.4 is 10.8 Å². The third-order valence-electron chi connectivity index (χ3n) is 6.81. The minimum atomic E-state index is -0.555. The first-order valence-electron chi connectivity index (χ1n) is 10.5. The normalized spacial score (nSPS) is 23.9. The number of hydrogen-bond donors (Lipinski definition) is 4. The summed E-state index contributed by atoms with van der Waals surface area (Å²) in [5.41, 5.74) is 1.70. The van der Waals surface area contributed by atoms with Crippen LogP contribution in [0.4, 0.5) is 5.82 Å². The predicted molar refractivity (Wildman–Crippen MR) is 104 cm³/mol. The molecule has 3 aliphatic rings. The van der Waals surface area contributed by atoms with Gasteiger partial charge in [0.15, 0.2) is 0 Å². The van der Waals surface area contributed by atoms with Crippen LogP contribution in [0.2, 0.25) is 0 Å². The number of aromatic amines is 1. The van der Waals surface area contributed by atoms with E-state index in [0.717, 1.165) is 38.5 Å². The number of carbonyl (C=O) groups excluding carboxylic acids is 3. The van der Waals surface area contributed by atoms with E-state index in [0.29, 0.717) is 31.1 Å². The number of aromatic nitrogens is 2. The highest BCUT2D eigenvalue weighted by atomic mass is 16.5. The van der Waals surface area contributed by atoms with E-state index < -0.39 is 17.9 Å². The smallest absolute Gasteiger partial charge is 0.248 e. The molecule has 4 N–H and O–H groups in total. The average molecular weight is 403 g/mol. The highest BCUT2D eigenvalue weighted by Gasteiger charge is 2.55. The number of amides is 3. The third kappa shape index (κ3) is 4.44. The Kier molecular flexibility index (Phi) is 5.58. The average Bonchev–Trinajstić information content (AvgIpc) is 3.13. The van der Waals surface area contributed by atoms with Crippen LogP contribution in [0.5, 0.6) is 0 Å². The molecule has 2 atom stereocenters. The molecule has 2 heterocycles. The van der Waals surface area contributed by atoms with Gasteiger partial charge < -0.3 is 10.2 Å². The maximum absolute atomic E-state index is 13.5. The second-order valence-corrected chi connectivity index (χ2v) is 8.97. The summed E-state index contributed by atoms with van der Waals surface area (Å²) in [5, 5.41) is 18.3. The van der Waals surface area contributed by atoms with Gasteiger partial charge in [0, 0.05) is 24.9 Å². The molecule has 0 radical (unpaired) electrons. The number of H-pyrrole nitrogens is 1. The second-order valence-electron chi connectivity index (χ2n) is 8.97. The van der Waals surface area contributed by atoms with Crippen molar-refractivity contribution in [1.29, 1.82) is 0 Å². The molecule has 3 amide bonds. The summed E-state index contributed by atoms with van der Waals surface area (Å²) >= 11 is 0. The van der Waals surface area contributed by atoms with Gasteiger partial charge in [-0.2, -0.15) is 5.10 Å². The molecule has 1 aromatic rings. The van der Waals surface area contributed by atoms with E-state index in [1.54, 1.807) is 22.6 Å². The fourth-order valence-electron chi connectivity index (χ4n) is 5.03. The highest BCUT2D eigenvalue weighted by Crippen LogP contribution is 2.55. The van der Waals surface area contributed by atoms with Crippen molar-refractivity contribution in [2.75, 3.05) is 11.9 Å². The van der Waals surface area contributed by atoms with E-state index in [4.69, 9.17) is 5.21 Å². The third-order valence-corrected chi connectivity index (χ3v) is 6.81. The van der Waals surface area contributed by atoms with Gasteiger partial charge in [-0.05, 0) is 37.0 Å². The second kappa shape index (κ2) is 8.14. The molecule has 3 fully saturated rings. The summed E-state index contributed by atoms with van der Waals surface area (Å²) in [6.07, 6.45) is 9.27. The summed E-state index contributed by atoms with van der Waals surface area (Å²) < 4.78 is 0. The molecule has 9 heteroatoms. The van der Waals surface area contributed by atoms with Gasteiger partial charge in [-0.15, -0.1) is 0 Å². The van der Waals surface area contributed by atoms with Gasteiger partial charge in [0.05, 0.1) is 6.20 Å². The van der Waals surface area contributed by atoms with E-state index >= 15 is 0 Å². The number of nitrogens with zero attached hydrogens (tertiary/aromatic N) is 2. The maximum atomic E-state index is 13.5. The molecule has 2 saturated carbocycles. The Morgan fingerprint density at radius 3 is 2.69 bits per heavy atom. The van der Waals surface area contributed by atoms with Crippen LogP contribution in [0.15, 0.2) is 12.3 Å². The Morgan fingerprint density at radius 2 is 2.07 bits per heavy atom. The molecule has 1 aromatic heterocycles. The molecule has 0 unspecified atom stereocenters. The lowest BCUT2D eigenvalue weighted by Crippen LogP contribution is -2.46. The molecule has 29 heavy (non-hydrogen) atoms. The molecule has 158 valence electrons. The molecule has 0 bridgehead atoms. The number of anilines is 1. The first-order chi connectivity index (χ1) is 14.0. The molecule has 0 aromatic carbocycles. The monoisotopic (exact) mass is 403 g/mol. The lowest BCUT2D eigenvalue weighted by atomic mass is 9.89. The number of hydrogen-bond acceptors (Lipinski definition) is 5. The summed E-state index contributed by atoms with van der Waals surface area (Å²) in [6.45, 7) is 0.564. The first-order valence-corrected chi connectivity index (χ1v) is 10.5. The Hall–Kier alpha value is -2.42. The van der Waals surface area contributed by atoms with E-state index in [-0.39, 0.29) is 23.7 Å². The van der Waals surface area contributed by atoms with E-state index in [9.17, 15) is 14.4 Å². The minimum absolute atomic E-state index is 0.0444. The molecule has 2 aliphatic carbocycles. The zero-order chi connectivity index (χ0) is 20.4. The molecule has 1 aliphatic heterocycles. The van der Waals surface area contributed by atoms with Gasteiger partial charge in [0.2, 0.25) is 17.7 Å². The van der Waals surface area contributed by atoms with Crippen molar-refractivity contribution < 1.29 is 19.6 Å². The van der Waals surface area contributed by atoms with Crippen LogP contribution in [0, 0.1) is 17.3 Å². The molecule has 9 nitrogen and oxygen atoms in total. The van der Waals surface area contributed by atoms with Crippen LogP contribution in [-0.4, -0.2) is 50.6 Å². The Bertz CT molecular complexity index is 755. The van der Waals surface area contributed by atoms with Gasteiger partial charge in [-0.3, -0.25) is 24.7 Å². The minimum Gasteiger partial charge on any atom is -0.330 e. The summed E-state index contributed by atoms with van der Waals surface area (Å²) in [5.74, 6) is -0.514. The Morgan fingerprint density at radius 1 is 1.31 bits per heavy atom. The fraction of sp³-hybridized carbons (Fsp3) is 0.700. The van der Waals surface area contributed by atoms with Crippen molar-refractivity contribution in [1.82, 2.24) is 20.6 Å². The Labute approximate surface area is 169 Å². The first kappa shape index (κ1) is 19.9. The number of likely N-dealkylation sites (tertiary alicyclic amines) is 1. The molecule has 1 spiro atoms. The largest absolute Gasteiger partial charge is 0.330 e. The van der Waals surface area contributed by atoms with Gasteiger partial charge in [-0.25, -0.2) is 5.48 Å². The maximum Gasteiger partial charge on any atom is 0.248 e. The number of carbonyl (C=O) groups is 3. The van der Waals surface area contributed by atoms with Crippen LogP contribution in [0.25, 0.3) is 0 Å². The van der Waals surface area contributed by atoms with Crippen molar-refractivity contribution in [3.05, 3.63) is 12.3 Å².